The zero-order valence-electron chi connectivity index (χ0n) is 16.3. The van der Waals surface area contributed by atoms with Gasteiger partial charge in [-0.3, -0.25) is 0 Å². The second kappa shape index (κ2) is 7.44. The quantitative estimate of drug-likeness (QED) is 0.355. The summed E-state index contributed by atoms with van der Waals surface area (Å²) in [6.45, 7) is 2.63. The molecule has 0 saturated carbocycles. The molecule has 5 rings (SSSR count). The van der Waals surface area contributed by atoms with E-state index in [4.69, 9.17) is 9.72 Å². The summed E-state index contributed by atoms with van der Waals surface area (Å²) in [4.78, 5) is 4.89. The van der Waals surface area contributed by atoms with E-state index in [1.54, 1.807) is 0 Å². The van der Waals surface area contributed by atoms with Crippen LogP contribution in [-0.4, -0.2) is 9.55 Å². The van der Waals surface area contributed by atoms with E-state index in [-0.39, 0.29) is 6.04 Å². The lowest BCUT2D eigenvalue weighted by Gasteiger charge is -2.19. The highest BCUT2D eigenvalue weighted by molar-refractivity contribution is 5.88. The Kier molecular flexibility index (Phi) is 4.49. The zero-order valence-corrected chi connectivity index (χ0v) is 16.3. The van der Waals surface area contributed by atoms with Crippen LogP contribution in [-0.2, 0) is 6.61 Å². The number of rotatable bonds is 5. The zero-order chi connectivity index (χ0) is 19.6. The van der Waals surface area contributed by atoms with Gasteiger partial charge in [-0.05, 0) is 36.1 Å². The molecule has 3 heteroatoms. The minimum atomic E-state index is 0.162. The van der Waals surface area contributed by atoms with Gasteiger partial charge in [0.15, 0.2) is 0 Å². The van der Waals surface area contributed by atoms with Crippen molar-refractivity contribution >= 4 is 21.8 Å². The standard InChI is InChI=1S/C26H22N2O/c1-19(20-10-3-2-4-11-20)28-24-16-8-7-15-23(24)27-26(28)18-29-25-17-9-13-21-12-5-6-14-22(21)25/h2-17,19H,18H2,1H3/t19-/m0/s1. The van der Waals surface area contributed by atoms with Gasteiger partial charge in [-0.2, -0.15) is 0 Å². The Morgan fingerprint density at radius 2 is 1.52 bits per heavy atom. The van der Waals surface area contributed by atoms with Crippen molar-refractivity contribution in [1.82, 2.24) is 9.55 Å². The van der Waals surface area contributed by atoms with Crippen molar-refractivity contribution in [2.45, 2.75) is 19.6 Å². The highest BCUT2D eigenvalue weighted by Gasteiger charge is 2.17. The van der Waals surface area contributed by atoms with Crippen LogP contribution in [0, 0.1) is 0 Å². The number of fused-ring (bicyclic) bond motifs is 2. The summed E-state index contributed by atoms with van der Waals surface area (Å²) in [6.07, 6.45) is 0. The normalized spacial score (nSPS) is 12.3. The van der Waals surface area contributed by atoms with Crippen LogP contribution >= 0.6 is 0 Å². The molecule has 1 atom stereocenters. The Hall–Kier alpha value is -3.59. The second-order valence-electron chi connectivity index (χ2n) is 7.24. The van der Waals surface area contributed by atoms with Crippen LogP contribution in [0.1, 0.15) is 24.4 Å². The van der Waals surface area contributed by atoms with E-state index in [1.165, 1.54) is 10.9 Å². The van der Waals surface area contributed by atoms with E-state index in [0.29, 0.717) is 6.61 Å². The molecule has 142 valence electrons. The van der Waals surface area contributed by atoms with Gasteiger partial charge in [0.25, 0.3) is 0 Å². The lowest BCUT2D eigenvalue weighted by molar-refractivity contribution is 0.292. The monoisotopic (exact) mass is 378 g/mol. The maximum absolute atomic E-state index is 6.28. The predicted octanol–water partition coefficient (Wildman–Crippen LogP) is 6.38. The van der Waals surface area contributed by atoms with Gasteiger partial charge in [0, 0.05) is 5.39 Å². The van der Waals surface area contributed by atoms with Gasteiger partial charge in [-0.1, -0.05) is 78.9 Å². The SMILES string of the molecule is C[C@@H](c1ccccc1)n1c(COc2cccc3ccccc23)nc2ccccc21. The number of aromatic nitrogens is 2. The molecular weight excluding hydrogens is 356 g/mol. The molecule has 4 aromatic carbocycles. The molecular formula is C26H22N2O. The first-order chi connectivity index (χ1) is 14.3. The number of imidazole rings is 1. The number of para-hydroxylation sites is 2. The summed E-state index contributed by atoms with van der Waals surface area (Å²) in [7, 11) is 0. The first-order valence-electron chi connectivity index (χ1n) is 9.92. The van der Waals surface area contributed by atoms with Crippen LogP contribution in [0.4, 0.5) is 0 Å². The second-order valence-corrected chi connectivity index (χ2v) is 7.24. The van der Waals surface area contributed by atoms with Crippen LogP contribution in [0.15, 0.2) is 97.1 Å². The largest absolute Gasteiger partial charge is 0.485 e. The van der Waals surface area contributed by atoms with Gasteiger partial charge in [0.05, 0.1) is 17.1 Å². The maximum Gasteiger partial charge on any atom is 0.148 e. The van der Waals surface area contributed by atoms with Crippen molar-refractivity contribution in [2.75, 3.05) is 0 Å². The Labute approximate surface area is 170 Å². The molecule has 5 aromatic rings. The lowest BCUT2D eigenvalue weighted by atomic mass is 10.1. The lowest BCUT2D eigenvalue weighted by Crippen LogP contribution is -2.12. The van der Waals surface area contributed by atoms with Gasteiger partial charge in [-0.15, -0.1) is 0 Å². The fourth-order valence-electron chi connectivity index (χ4n) is 3.97. The molecule has 0 aliphatic heterocycles. The van der Waals surface area contributed by atoms with Crippen molar-refractivity contribution in [1.29, 1.82) is 0 Å². The maximum atomic E-state index is 6.28. The summed E-state index contributed by atoms with van der Waals surface area (Å²) in [5.41, 5.74) is 3.37. The van der Waals surface area contributed by atoms with Gasteiger partial charge >= 0.3 is 0 Å². The number of benzene rings is 4. The topological polar surface area (TPSA) is 27.1 Å². The molecule has 0 aliphatic carbocycles. The van der Waals surface area contributed by atoms with E-state index < -0.39 is 0 Å². The Balaban J connectivity index is 1.55. The van der Waals surface area contributed by atoms with Gasteiger partial charge in [-0.25, -0.2) is 4.98 Å². The van der Waals surface area contributed by atoms with Crippen LogP contribution in [0.2, 0.25) is 0 Å². The third kappa shape index (κ3) is 3.25. The van der Waals surface area contributed by atoms with Crippen LogP contribution in [0.5, 0.6) is 5.75 Å². The minimum absolute atomic E-state index is 0.162. The third-order valence-electron chi connectivity index (χ3n) is 5.44. The first-order valence-corrected chi connectivity index (χ1v) is 9.92. The molecule has 1 heterocycles. The average molecular weight is 378 g/mol. The molecule has 1 aromatic heterocycles. The molecule has 0 aliphatic rings. The van der Waals surface area contributed by atoms with Crippen molar-refractivity contribution in [2.24, 2.45) is 0 Å². The first kappa shape index (κ1) is 17.5. The summed E-state index contributed by atoms with van der Waals surface area (Å²) in [5.74, 6) is 1.81. The smallest absolute Gasteiger partial charge is 0.148 e. The summed E-state index contributed by atoms with van der Waals surface area (Å²) < 4.78 is 8.57. The average Bonchev–Trinajstić information content (AvgIpc) is 3.16. The number of nitrogens with zero attached hydrogens (tertiary/aromatic N) is 2. The van der Waals surface area contributed by atoms with Crippen molar-refractivity contribution in [3.63, 3.8) is 0 Å². The molecule has 29 heavy (non-hydrogen) atoms. The van der Waals surface area contributed by atoms with Crippen LogP contribution in [0.25, 0.3) is 21.8 Å². The predicted molar refractivity (Wildman–Crippen MR) is 118 cm³/mol. The van der Waals surface area contributed by atoms with Crippen molar-refractivity contribution in [3.05, 3.63) is 108 Å². The molecule has 0 N–H and O–H groups in total. The highest BCUT2D eigenvalue weighted by Crippen LogP contribution is 2.29. The van der Waals surface area contributed by atoms with E-state index in [9.17, 15) is 0 Å². The van der Waals surface area contributed by atoms with E-state index in [2.05, 4.69) is 72.2 Å². The number of ether oxygens (including phenoxy) is 1. The number of hydrogen-bond acceptors (Lipinski definition) is 2. The fourth-order valence-corrected chi connectivity index (χ4v) is 3.97. The molecule has 3 nitrogen and oxygen atoms in total. The molecule has 0 amide bonds. The highest BCUT2D eigenvalue weighted by atomic mass is 16.5. The summed E-state index contributed by atoms with van der Waals surface area (Å²) in [5, 5.41) is 2.30. The van der Waals surface area contributed by atoms with E-state index in [0.717, 1.165) is 28.0 Å². The van der Waals surface area contributed by atoms with Crippen molar-refractivity contribution < 1.29 is 4.74 Å². The van der Waals surface area contributed by atoms with Crippen molar-refractivity contribution in [3.8, 4) is 5.75 Å². The molecule has 0 saturated heterocycles. The summed E-state index contributed by atoms with van der Waals surface area (Å²) >= 11 is 0. The van der Waals surface area contributed by atoms with E-state index in [1.807, 2.05) is 36.4 Å². The van der Waals surface area contributed by atoms with Crippen LogP contribution in [0.3, 0.4) is 0 Å². The number of hydrogen-bond donors (Lipinski definition) is 0. The molecule has 0 bridgehead atoms. The van der Waals surface area contributed by atoms with Gasteiger partial charge in [0.2, 0.25) is 0 Å². The molecule has 0 unspecified atom stereocenters. The Morgan fingerprint density at radius 1 is 0.793 bits per heavy atom. The summed E-state index contributed by atoms with van der Waals surface area (Å²) in [6, 6.07) is 33.4. The Bertz CT molecular complexity index is 1270. The Morgan fingerprint density at radius 3 is 2.41 bits per heavy atom. The molecule has 0 fully saturated rings. The minimum Gasteiger partial charge on any atom is -0.485 e. The van der Waals surface area contributed by atoms with Crippen LogP contribution < -0.4 is 4.74 Å². The fraction of sp³-hybridized carbons (Fsp3) is 0.115. The molecule has 0 radical (unpaired) electrons. The van der Waals surface area contributed by atoms with Gasteiger partial charge < -0.3 is 9.30 Å². The molecule has 0 spiro atoms. The van der Waals surface area contributed by atoms with E-state index >= 15 is 0 Å². The van der Waals surface area contributed by atoms with Gasteiger partial charge in [0.1, 0.15) is 18.2 Å². The third-order valence-corrected chi connectivity index (χ3v) is 5.44.